The molecule has 0 aromatic heterocycles. The number of hydrogen-bond acceptors (Lipinski definition) is 4. The lowest BCUT2D eigenvalue weighted by atomic mass is 10.2. The first-order valence-corrected chi connectivity index (χ1v) is 4.67. The summed E-state index contributed by atoms with van der Waals surface area (Å²) < 4.78 is 5.12. The van der Waals surface area contributed by atoms with Crippen molar-refractivity contribution in [3.8, 4) is 0 Å². The average molecular weight is 239 g/mol. The van der Waals surface area contributed by atoms with Crippen molar-refractivity contribution in [3.63, 3.8) is 0 Å². The number of carbonyl (C=O) groups is 1. The number of rotatable bonds is 1. The molecule has 0 saturated heterocycles. The maximum Gasteiger partial charge on any atom is 0.322 e. The fraction of sp³-hybridized carbons (Fsp3) is 0.500. The second-order valence-electron chi connectivity index (χ2n) is 2.03. The van der Waals surface area contributed by atoms with Crippen molar-refractivity contribution in [2.75, 3.05) is 7.11 Å². The highest BCUT2D eigenvalue weighted by molar-refractivity contribution is 9.11. The zero-order valence-corrected chi connectivity index (χ0v) is 8.18. The van der Waals surface area contributed by atoms with E-state index in [1.54, 1.807) is 5.41 Å². The largest absolute Gasteiger partial charge is 0.468 e. The number of halogens is 1. The van der Waals surface area contributed by atoms with Crippen molar-refractivity contribution in [1.82, 2.24) is 0 Å². The fourth-order valence-corrected chi connectivity index (χ4v) is 2.41. The maximum absolute atomic E-state index is 10.9. The molecule has 2 atom stereocenters. The van der Waals surface area contributed by atoms with E-state index in [9.17, 15) is 9.90 Å². The van der Waals surface area contributed by atoms with Gasteiger partial charge in [-0.25, -0.2) is 0 Å². The molecule has 1 aliphatic rings. The third kappa shape index (κ3) is 1.77. The minimum atomic E-state index is -0.757. The van der Waals surface area contributed by atoms with E-state index in [0.717, 1.165) is 0 Å². The van der Waals surface area contributed by atoms with Gasteiger partial charge >= 0.3 is 5.97 Å². The summed E-state index contributed by atoms with van der Waals surface area (Å²) in [6, 6.07) is 0. The van der Waals surface area contributed by atoms with Crippen molar-refractivity contribution in [2.45, 2.75) is 11.4 Å². The quantitative estimate of drug-likeness (QED) is 0.690. The lowest BCUT2D eigenvalue weighted by molar-refractivity contribution is -0.141. The van der Waals surface area contributed by atoms with Crippen LogP contribution in [0.25, 0.3) is 0 Å². The van der Waals surface area contributed by atoms with Crippen LogP contribution in [0.4, 0.5) is 0 Å². The number of thioether (sulfide) groups is 1. The van der Waals surface area contributed by atoms with Gasteiger partial charge in [-0.3, -0.25) is 4.79 Å². The summed E-state index contributed by atoms with van der Waals surface area (Å²) >= 11 is 4.38. The molecule has 62 valence electrons. The maximum atomic E-state index is 10.9. The van der Waals surface area contributed by atoms with E-state index in [2.05, 4.69) is 20.7 Å². The van der Waals surface area contributed by atoms with Gasteiger partial charge in [-0.15, -0.1) is 11.8 Å². The SMILES string of the molecule is COC(=O)C1SC=C(Br)C1O. The van der Waals surface area contributed by atoms with Crippen LogP contribution in [0.5, 0.6) is 0 Å². The number of esters is 1. The number of methoxy groups -OCH3 is 1. The van der Waals surface area contributed by atoms with Crippen LogP contribution in [-0.2, 0) is 9.53 Å². The van der Waals surface area contributed by atoms with Crippen LogP contribution in [0.2, 0.25) is 0 Å². The minimum absolute atomic E-state index is 0.395. The first-order valence-electron chi connectivity index (χ1n) is 2.93. The first kappa shape index (κ1) is 9.09. The van der Waals surface area contributed by atoms with E-state index >= 15 is 0 Å². The van der Waals surface area contributed by atoms with E-state index in [1.165, 1.54) is 18.9 Å². The van der Waals surface area contributed by atoms with Gasteiger partial charge in [0.2, 0.25) is 0 Å². The van der Waals surface area contributed by atoms with Crippen LogP contribution >= 0.6 is 27.7 Å². The van der Waals surface area contributed by atoms with Crippen molar-refractivity contribution >= 4 is 33.7 Å². The molecule has 0 aromatic carbocycles. The lowest BCUT2D eigenvalue weighted by Crippen LogP contribution is -2.28. The Kier molecular flexibility index (Phi) is 2.98. The zero-order valence-electron chi connectivity index (χ0n) is 5.78. The van der Waals surface area contributed by atoms with Crippen LogP contribution in [0.3, 0.4) is 0 Å². The summed E-state index contributed by atoms with van der Waals surface area (Å²) in [5.74, 6) is -0.395. The number of carbonyl (C=O) groups excluding carboxylic acids is 1. The second-order valence-corrected chi connectivity index (χ2v) is 3.96. The van der Waals surface area contributed by atoms with Crippen molar-refractivity contribution in [3.05, 3.63) is 9.89 Å². The third-order valence-corrected chi connectivity index (χ3v) is 3.46. The fourth-order valence-electron chi connectivity index (χ4n) is 0.728. The summed E-state index contributed by atoms with van der Waals surface area (Å²) in [6.07, 6.45) is -0.757. The molecule has 0 amide bonds. The van der Waals surface area contributed by atoms with E-state index < -0.39 is 17.3 Å². The second kappa shape index (κ2) is 3.60. The summed E-state index contributed by atoms with van der Waals surface area (Å²) in [5.41, 5.74) is 0. The van der Waals surface area contributed by atoms with Gasteiger partial charge in [-0.1, -0.05) is 15.9 Å². The standard InChI is InChI=1S/C6H7BrO3S/c1-10-6(9)5-4(8)3(7)2-11-5/h2,4-5,8H,1H3. The van der Waals surface area contributed by atoms with E-state index in [0.29, 0.717) is 4.48 Å². The molecule has 1 aliphatic heterocycles. The van der Waals surface area contributed by atoms with Gasteiger partial charge in [0.15, 0.2) is 0 Å². The Morgan fingerprint density at radius 2 is 2.55 bits per heavy atom. The molecular weight excluding hydrogens is 232 g/mol. The Bertz CT molecular complexity index is 204. The highest BCUT2D eigenvalue weighted by atomic mass is 79.9. The minimum Gasteiger partial charge on any atom is -0.468 e. The Hall–Kier alpha value is -0.0000000000000000763. The zero-order chi connectivity index (χ0) is 8.43. The highest BCUT2D eigenvalue weighted by Crippen LogP contribution is 2.34. The molecule has 0 fully saturated rings. The topological polar surface area (TPSA) is 46.5 Å². The monoisotopic (exact) mass is 238 g/mol. The lowest BCUT2D eigenvalue weighted by Gasteiger charge is -2.11. The third-order valence-electron chi connectivity index (χ3n) is 1.33. The predicted octanol–water partition coefficient (Wildman–Crippen LogP) is 0.872. The molecule has 0 radical (unpaired) electrons. The molecule has 5 heteroatoms. The first-order chi connectivity index (χ1) is 5.16. The molecule has 0 saturated carbocycles. The van der Waals surface area contributed by atoms with Gasteiger partial charge < -0.3 is 9.84 Å². The van der Waals surface area contributed by atoms with Crippen molar-refractivity contribution in [1.29, 1.82) is 0 Å². The van der Waals surface area contributed by atoms with Crippen molar-refractivity contribution in [2.24, 2.45) is 0 Å². The Morgan fingerprint density at radius 3 is 2.91 bits per heavy atom. The van der Waals surface area contributed by atoms with Gasteiger partial charge in [0.05, 0.1) is 7.11 Å². The van der Waals surface area contributed by atoms with Gasteiger partial charge in [-0.05, 0) is 5.41 Å². The molecule has 1 heterocycles. The van der Waals surface area contributed by atoms with E-state index in [1.807, 2.05) is 0 Å². The van der Waals surface area contributed by atoms with Crippen LogP contribution in [0.1, 0.15) is 0 Å². The molecule has 0 spiro atoms. The molecule has 3 nitrogen and oxygen atoms in total. The molecule has 0 aromatic rings. The van der Waals surface area contributed by atoms with Gasteiger partial charge in [-0.2, -0.15) is 0 Å². The Labute approximate surface area is 76.9 Å². The number of ether oxygens (including phenoxy) is 1. The average Bonchev–Trinajstić information content (AvgIpc) is 2.32. The Balaban J connectivity index is 2.60. The molecule has 1 N–H and O–H groups in total. The Morgan fingerprint density at radius 1 is 1.91 bits per heavy atom. The number of hydrogen-bond donors (Lipinski definition) is 1. The summed E-state index contributed by atoms with van der Waals surface area (Å²) in [6.45, 7) is 0. The molecular formula is C6H7BrO3S. The van der Waals surface area contributed by atoms with Crippen molar-refractivity contribution < 1.29 is 14.6 Å². The summed E-state index contributed by atoms with van der Waals surface area (Å²) in [5, 5.41) is 10.5. The smallest absolute Gasteiger partial charge is 0.322 e. The number of aliphatic hydroxyl groups is 1. The molecule has 1 rings (SSSR count). The number of aliphatic hydroxyl groups excluding tert-OH is 1. The highest BCUT2D eigenvalue weighted by Gasteiger charge is 2.34. The van der Waals surface area contributed by atoms with Gasteiger partial charge in [0.25, 0.3) is 0 Å². The molecule has 0 bridgehead atoms. The molecule has 0 aliphatic carbocycles. The molecule has 2 unspecified atom stereocenters. The predicted molar refractivity (Wildman–Crippen MR) is 46.4 cm³/mol. The van der Waals surface area contributed by atoms with Crippen LogP contribution < -0.4 is 0 Å². The van der Waals surface area contributed by atoms with E-state index in [-0.39, 0.29) is 0 Å². The van der Waals surface area contributed by atoms with Crippen LogP contribution in [-0.4, -0.2) is 29.5 Å². The summed E-state index contributed by atoms with van der Waals surface area (Å²) in [4.78, 5) is 10.9. The van der Waals surface area contributed by atoms with Gasteiger partial charge in [0.1, 0.15) is 11.4 Å². The van der Waals surface area contributed by atoms with Gasteiger partial charge in [0, 0.05) is 4.48 Å². The van der Waals surface area contributed by atoms with Crippen LogP contribution in [0.15, 0.2) is 9.89 Å². The van der Waals surface area contributed by atoms with Crippen LogP contribution in [0, 0.1) is 0 Å². The summed E-state index contributed by atoms with van der Waals surface area (Å²) in [7, 11) is 1.31. The normalized spacial score (nSPS) is 29.9. The molecule has 11 heavy (non-hydrogen) atoms. The van der Waals surface area contributed by atoms with E-state index in [4.69, 9.17) is 0 Å².